The molecule has 5 aliphatic heterocycles. The summed E-state index contributed by atoms with van der Waals surface area (Å²) in [6.45, 7) is 3.57. The van der Waals surface area contributed by atoms with Gasteiger partial charge in [0.2, 0.25) is 0 Å². The number of hydrogen-bond acceptors (Lipinski definition) is 9. The number of anilines is 1. The smallest absolute Gasteiger partial charge is 0.252 e. The molecule has 1 aromatic carbocycles. The lowest BCUT2D eigenvalue weighted by Gasteiger charge is -2.57. The Kier molecular flexibility index (Phi) is 7.80. The van der Waals surface area contributed by atoms with Gasteiger partial charge in [0.1, 0.15) is 30.3 Å². The minimum Gasteiger partial charge on any atom is -0.491 e. The Bertz CT molecular complexity index is 1790. The van der Waals surface area contributed by atoms with E-state index >= 15 is 0 Å². The molecular formula is C36H39N7O4. The van der Waals surface area contributed by atoms with Crippen molar-refractivity contribution in [2.75, 3.05) is 37.7 Å². The van der Waals surface area contributed by atoms with Crippen LogP contribution in [0.1, 0.15) is 36.8 Å². The van der Waals surface area contributed by atoms with Gasteiger partial charge in [-0.15, -0.1) is 0 Å². The van der Waals surface area contributed by atoms with Gasteiger partial charge in [-0.2, -0.15) is 10.4 Å². The van der Waals surface area contributed by atoms with E-state index in [4.69, 9.17) is 9.72 Å². The standard InChI is InChI=1S/C36H39N7O4/c37-16-26-18-39-42-22-30(47-11-10-40-19-25-6-8-27(40)14-32(25)44)15-31(35(26)42)24-7-9-34(38-17-24)41-20-28-13-29(21-41)43(28)36(46)33(45)12-23-4-2-1-3-5-23/h1-5,7,9,15,17-18,22,25,27-29,32-33,44-45H,6,8,10-14,19-21H2/t25?,27?,28?,29?,32?,33-/m0/s1. The first-order chi connectivity index (χ1) is 22.9. The van der Waals surface area contributed by atoms with Crippen molar-refractivity contribution in [2.24, 2.45) is 5.92 Å². The lowest BCUT2D eigenvalue weighted by atomic mass is 9.78. The number of aromatic nitrogens is 3. The Morgan fingerprint density at radius 3 is 2.57 bits per heavy atom. The van der Waals surface area contributed by atoms with Gasteiger partial charge in [-0.3, -0.25) is 9.69 Å². The number of ether oxygens (including phenoxy) is 1. The monoisotopic (exact) mass is 633 g/mol. The summed E-state index contributed by atoms with van der Waals surface area (Å²) in [6.07, 6.45) is 8.34. The number of piperidine rings is 3. The minimum atomic E-state index is -1.04. The zero-order valence-electron chi connectivity index (χ0n) is 26.2. The Labute approximate surface area is 273 Å². The zero-order chi connectivity index (χ0) is 32.1. The summed E-state index contributed by atoms with van der Waals surface area (Å²) < 4.78 is 7.95. The fourth-order valence-corrected chi connectivity index (χ4v) is 8.20. The number of amides is 1. The van der Waals surface area contributed by atoms with E-state index in [1.165, 1.54) is 0 Å². The summed E-state index contributed by atoms with van der Waals surface area (Å²) in [7, 11) is 0. The van der Waals surface area contributed by atoms with Crippen molar-refractivity contribution >= 4 is 17.2 Å². The maximum absolute atomic E-state index is 13.1. The molecule has 1 aliphatic carbocycles. The fourth-order valence-electron chi connectivity index (χ4n) is 8.20. The molecule has 5 unspecified atom stereocenters. The van der Waals surface area contributed by atoms with E-state index in [0.29, 0.717) is 54.9 Å². The van der Waals surface area contributed by atoms with E-state index in [2.05, 4.69) is 21.0 Å². The molecule has 1 amide bonds. The number of aliphatic hydroxyl groups excluding tert-OH is 2. The lowest BCUT2D eigenvalue weighted by Crippen LogP contribution is -2.71. The topological polar surface area (TPSA) is 130 Å². The highest BCUT2D eigenvalue weighted by molar-refractivity contribution is 5.85. The van der Waals surface area contributed by atoms with Crippen molar-refractivity contribution in [2.45, 2.75) is 62.4 Å². The first kappa shape index (κ1) is 29.9. The van der Waals surface area contributed by atoms with Gasteiger partial charge in [0.05, 0.1) is 41.7 Å². The Morgan fingerprint density at radius 2 is 1.87 bits per heavy atom. The Balaban J connectivity index is 0.944. The van der Waals surface area contributed by atoms with Crippen LogP contribution in [-0.2, 0) is 11.2 Å². The molecule has 6 fully saturated rings. The van der Waals surface area contributed by atoms with Crippen LogP contribution in [0.5, 0.6) is 5.75 Å². The molecule has 6 atom stereocenters. The number of nitriles is 1. The number of hydrogen-bond donors (Lipinski definition) is 2. The molecule has 4 bridgehead atoms. The number of fused-ring (bicyclic) bond motifs is 6. The summed E-state index contributed by atoms with van der Waals surface area (Å²) >= 11 is 0. The number of carbonyl (C=O) groups excluding carboxylic acids is 1. The van der Waals surface area contributed by atoms with Crippen molar-refractivity contribution < 1.29 is 19.7 Å². The van der Waals surface area contributed by atoms with E-state index < -0.39 is 6.10 Å². The molecule has 10 rings (SSSR count). The number of benzene rings is 1. The molecule has 11 heteroatoms. The number of carbonyl (C=O) groups is 1. The van der Waals surface area contributed by atoms with E-state index in [9.17, 15) is 20.3 Å². The van der Waals surface area contributed by atoms with Crippen LogP contribution in [0, 0.1) is 17.2 Å². The van der Waals surface area contributed by atoms with Crippen molar-refractivity contribution in [1.29, 1.82) is 5.26 Å². The molecule has 0 spiro atoms. The molecule has 11 nitrogen and oxygen atoms in total. The van der Waals surface area contributed by atoms with Crippen LogP contribution in [-0.4, -0.2) is 104 Å². The SMILES string of the molecule is N#Cc1cnn2cc(OCCN3CC4CCC3CC4O)cc(-c3ccc(N4CC5CC(C4)N5C(=O)[C@@H](O)Cc4ccccc4)nc3)c12. The number of nitrogens with zero attached hydrogens (tertiary/aromatic N) is 7. The average molecular weight is 634 g/mol. The summed E-state index contributed by atoms with van der Waals surface area (Å²) in [5.74, 6) is 1.67. The van der Waals surface area contributed by atoms with Crippen LogP contribution in [0.4, 0.5) is 5.82 Å². The Hall–Kier alpha value is -4.50. The molecule has 0 radical (unpaired) electrons. The predicted molar refractivity (Wildman–Crippen MR) is 175 cm³/mol. The molecule has 6 aliphatic rings. The summed E-state index contributed by atoms with van der Waals surface area (Å²) in [4.78, 5) is 24.5. The molecule has 1 saturated carbocycles. The van der Waals surface area contributed by atoms with Crippen LogP contribution in [0.2, 0.25) is 0 Å². The quantitative estimate of drug-likeness (QED) is 0.286. The van der Waals surface area contributed by atoms with Gasteiger partial charge in [0.25, 0.3) is 5.91 Å². The fraction of sp³-hybridized carbons (Fsp3) is 0.444. The molecule has 47 heavy (non-hydrogen) atoms. The first-order valence-electron chi connectivity index (χ1n) is 16.7. The van der Waals surface area contributed by atoms with Gasteiger partial charge in [0.15, 0.2) is 0 Å². The van der Waals surface area contributed by atoms with Crippen molar-refractivity contribution in [1.82, 2.24) is 24.4 Å². The van der Waals surface area contributed by atoms with E-state index in [-0.39, 0.29) is 24.1 Å². The van der Waals surface area contributed by atoms with Crippen LogP contribution in [0.25, 0.3) is 16.6 Å². The first-order valence-corrected chi connectivity index (χ1v) is 16.7. The van der Waals surface area contributed by atoms with Crippen molar-refractivity contribution in [3.8, 4) is 22.9 Å². The third-order valence-corrected chi connectivity index (χ3v) is 10.7. The highest BCUT2D eigenvalue weighted by Gasteiger charge is 2.48. The van der Waals surface area contributed by atoms with Gasteiger partial charge in [0, 0.05) is 56.0 Å². The van der Waals surface area contributed by atoms with Crippen LogP contribution in [0.3, 0.4) is 0 Å². The highest BCUT2D eigenvalue weighted by Crippen LogP contribution is 2.37. The Morgan fingerprint density at radius 1 is 1.04 bits per heavy atom. The zero-order valence-corrected chi connectivity index (χ0v) is 26.2. The predicted octanol–water partition coefficient (Wildman–Crippen LogP) is 2.89. The molecule has 8 heterocycles. The molecular weight excluding hydrogens is 594 g/mol. The van der Waals surface area contributed by atoms with E-state index in [0.717, 1.165) is 61.3 Å². The maximum atomic E-state index is 13.1. The molecule has 2 N–H and O–H groups in total. The van der Waals surface area contributed by atoms with Crippen LogP contribution < -0.4 is 9.64 Å². The molecule has 4 aromatic rings. The highest BCUT2D eigenvalue weighted by atomic mass is 16.5. The maximum Gasteiger partial charge on any atom is 0.252 e. The third-order valence-electron chi connectivity index (χ3n) is 10.7. The third kappa shape index (κ3) is 5.60. The second-order valence-corrected chi connectivity index (χ2v) is 13.5. The van der Waals surface area contributed by atoms with Gasteiger partial charge >= 0.3 is 0 Å². The van der Waals surface area contributed by atoms with Crippen molar-refractivity contribution in [3.05, 3.63) is 78.2 Å². The van der Waals surface area contributed by atoms with E-state index in [1.807, 2.05) is 65.8 Å². The van der Waals surface area contributed by atoms with Gasteiger partial charge < -0.3 is 24.7 Å². The molecule has 3 aromatic heterocycles. The summed E-state index contributed by atoms with van der Waals surface area (Å²) in [5.41, 5.74) is 3.81. The largest absolute Gasteiger partial charge is 0.491 e. The lowest BCUT2D eigenvalue weighted by molar-refractivity contribution is -0.155. The number of pyridine rings is 2. The molecule has 242 valence electrons. The van der Waals surface area contributed by atoms with Gasteiger partial charge in [-0.1, -0.05) is 30.3 Å². The summed E-state index contributed by atoms with van der Waals surface area (Å²) in [6, 6.07) is 18.4. The second kappa shape index (κ2) is 12.3. The van der Waals surface area contributed by atoms with Crippen LogP contribution in [0.15, 0.2) is 67.1 Å². The second-order valence-electron chi connectivity index (χ2n) is 13.5. The van der Waals surface area contributed by atoms with Gasteiger partial charge in [-0.25, -0.2) is 9.50 Å². The summed E-state index contributed by atoms with van der Waals surface area (Å²) in [5, 5.41) is 35.2. The van der Waals surface area contributed by atoms with Gasteiger partial charge in [-0.05, 0) is 55.4 Å². The number of aliphatic hydroxyl groups is 2. The molecule has 5 saturated heterocycles. The number of rotatable bonds is 9. The van der Waals surface area contributed by atoms with E-state index in [1.54, 1.807) is 10.7 Å². The van der Waals surface area contributed by atoms with Crippen molar-refractivity contribution in [3.63, 3.8) is 0 Å². The number of piperazine rings is 1. The normalized spacial score (nSPS) is 25.8. The average Bonchev–Trinajstić information content (AvgIpc) is 3.52. The minimum absolute atomic E-state index is 0.0526. The van der Waals surface area contributed by atoms with Crippen LogP contribution >= 0.6 is 0 Å².